The Morgan fingerprint density at radius 3 is 2.58 bits per heavy atom. The molecule has 2 aromatic carbocycles. The number of hydrogen-bond acceptors (Lipinski definition) is 7. The average Bonchev–Trinajstić information content (AvgIpc) is 3.33. The standard InChI is InChI=1S/C24H21N5O3S/c1-16(17-8-3-2-4-9-17)26-22(31)19-11-5-6-12-20(19)27-21(30)15-33-24-29-28-23(32-24)18-10-7-13-25-14-18/h2-14,16H,15H2,1H3,(H,26,31)(H,27,30)/t16-/m1/s1. The molecule has 0 radical (unpaired) electrons. The van der Waals surface area contributed by atoms with Crippen molar-refractivity contribution in [1.82, 2.24) is 20.5 Å². The van der Waals surface area contributed by atoms with E-state index in [-0.39, 0.29) is 28.8 Å². The van der Waals surface area contributed by atoms with Crippen molar-refractivity contribution in [3.05, 3.63) is 90.3 Å². The molecule has 4 rings (SSSR count). The lowest BCUT2D eigenvalue weighted by Crippen LogP contribution is -2.28. The summed E-state index contributed by atoms with van der Waals surface area (Å²) in [6.07, 6.45) is 3.27. The number of thioether (sulfide) groups is 1. The monoisotopic (exact) mass is 459 g/mol. The topological polar surface area (TPSA) is 110 Å². The van der Waals surface area contributed by atoms with Crippen molar-refractivity contribution < 1.29 is 14.0 Å². The third-order valence-electron chi connectivity index (χ3n) is 4.73. The minimum absolute atomic E-state index is 0.0467. The zero-order valence-electron chi connectivity index (χ0n) is 17.8. The van der Waals surface area contributed by atoms with E-state index in [4.69, 9.17) is 4.42 Å². The number of para-hydroxylation sites is 1. The van der Waals surface area contributed by atoms with Gasteiger partial charge in [-0.1, -0.05) is 54.2 Å². The Hall–Kier alpha value is -3.98. The maximum absolute atomic E-state index is 12.8. The van der Waals surface area contributed by atoms with Crippen molar-refractivity contribution in [2.75, 3.05) is 11.1 Å². The second-order valence-corrected chi connectivity index (χ2v) is 8.03. The lowest BCUT2D eigenvalue weighted by Gasteiger charge is -2.16. The Bertz CT molecular complexity index is 1230. The van der Waals surface area contributed by atoms with Crippen molar-refractivity contribution in [2.24, 2.45) is 0 Å². The van der Waals surface area contributed by atoms with Gasteiger partial charge in [0.05, 0.1) is 28.6 Å². The molecule has 0 aliphatic rings. The molecule has 33 heavy (non-hydrogen) atoms. The van der Waals surface area contributed by atoms with E-state index in [2.05, 4.69) is 25.8 Å². The Labute approximate surface area is 194 Å². The molecule has 9 heteroatoms. The van der Waals surface area contributed by atoms with Crippen LogP contribution in [0, 0.1) is 0 Å². The SMILES string of the molecule is C[C@@H](NC(=O)c1ccccc1NC(=O)CSc1nnc(-c2cccnc2)o1)c1ccccc1. The number of anilines is 1. The van der Waals surface area contributed by atoms with Crippen LogP contribution in [0.5, 0.6) is 0 Å². The average molecular weight is 460 g/mol. The zero-order chi connectivity index (χ0) is 23.0. The van der Waals surface area contributed by atoms with Gasteiger partial charge >= 0.3 is 0 Å². The molecule has 0 saturated carbocycles. The fourth-order valence-electron chi connectivity index (χ4n) is 3.08. The van der Waals surface area contributed by atoms with Crippen LogP contribution in [0.4, 0.5) is 5.69 Å². The summed E-state index contributed by atoms with van der Waals surface area (Å²) in [7, 11) is 0. The van der Waals surface area contributed by atoms with Gasteiger partial charge in [0.15, 0.2) is 0 Å². The van der Waals surface area contributed by atoms with Crippen LogP contribution >= 0.6 is 11.8 Å². The summed E-state index contributed by atoms with van der Waals surface area (Å²) >= 11 is 1.11. The summed E-state index contributed by atoms with van der Waals surface area (Å²) in [5.74, 6) is -0.184. The first-order valence-corrected chi connectivity index (χ1v) is 11.2. The summed E-state index contributed by atoms with van der Waals surface area (Å²) in [5, 5.41) is 14.0. The van der Waals surface area contributed by atoms with Crippen molar-refractivity contribution in [3.63, 3.8) is 0 Å². The molecular weight excluding hydrogens is 438 g/mol. The van der Waals surface area contributed by atoms with Gasteiger partial charge in [0.2, 0.25) is 11.8 Å². The molecule has 0 aliphatic heterocycles. The predicted molar refractivity (Wildman–Crippen MR) is 126 cm³/mol. The van der Waals surface area contributed by atoms with Crippen LogP contribution in [0.1, 0.15) is 28.9 Å². The quantitative estimate of drug-likeness (QED) is 0.377. The van der Waals surface area contributed by atoms with Gasteiger partial charge < -0.3 is 15.1 Å². The third-order valence-corrected chi connectivity index (χ3v) is 5.55. The lowest BCUT2D eigenvalue weighted by molar-refractivity contribution is -0.113. The molecule has 0 fully saturated rings. The number of rotatable bonds is 8. The number of carbonyl (C=O) groups excluding carboxylic acids is 2. The Kier molecular flexibility index (Phi) is 7.11. The number of benzene rings is 2. The molecule has 1 atom stereocenters. The summed E-state index contributed by atoms with van der Waals surface area (Å²) in [5.41, 5.74) is 2.51. The van der Waals surface area contributed by atoms with Crippen LogP contribution < -0.4 is 10.6 Å². The van der Waals surface area contributed by atoms with E-state index in [0.29, 0.717) is 22.7 Å². The Balaban J connectivity index is 1.36. The second kappa shape index (κ2) is 10.6. The molecular formula is C24H21N5O3S. The molecule has 0 spiro atoms. The van der Waals surface area contributed by atoms with E-state index in [1.165, 1.54) is 0 Å². The largest absolute Gasteiger partial charge is 0.411 e. The molecule has 0 aliphatic carbocycles. The van der Waals surface area contributed by atoms with Crippen molar-refractivity contribution in [1.29, 1.82) is 0 Å². The first-order chi connectivity index (χ1) is 16.1. The maximum atomic E-state index is 12.8. The van der Waals surface area contributed by atoms with Crippen molar-refractivity contribution in [3.8, 4) is 11.5 Å². The highest BCUT2D eigenvalue weighted by Gasteiger charge is 2.17. The van der Waals surface area contributed by atoms with E-state index >= 15 is 0 Å². The molecule has 2 N–H and O–H groups in total. The van der Waals surface area contributed by atoms with Crippen LogP contribution in [0.2, 0.25) is 0 Å². The highest BCUT2D eigenvalue weighted by atomic mass is 32.2. The molecule has 166 valence electrons. The molecule has 0 bridgehead atoms. The van der Waals surface area contributed by atoms with Crippen LogP contribution in [0.3, 0.4) is 0 Å². The normalized spacial score (nSPS) is 11.5. The van der Waals surface area contributed by atoms with Crippen LogP contribution in [-0.4, -0.2) is 32.7 Å². The zero-order valence-corrected chi connectivity index (χ0v) is 18.6. The molecule has 2 amide bonds. The molecule has 0 unspecified atom stereocenters. The maximum Gasteiger partial charge on any atom is 0.277 e. The van der Waals surface area contributed by atoms with Gasteiger partial charge in [-0.15, -0.1) is 10.2 Å². The minimum Gasteiger partial charge on any atom is -0.411 e. The molecule has 2 aromatic heterocycles. The van der Waals surface area contributed by atoms with Crippen LogP contribution in [0.15, 0.2) is 88.8 Å². The molecule has 2 heterocycles. The number of carbonyl (C=O) groups is 2. The molecule has 0 saturated heterocycles. The van der Waals surface area contributed by atoms with E-state index < -0.39 is 0 Å². The summed E-state index contributed by atoms with van der Waals surface area (Å²) < 4.78 is 5.57. The van der Waals surface area contributed by atoms with Crippen molar-refractivity contribution >= 4 is 29.3 Å². The summed E-state index contributed by atoms with van der Waals surface area (Å²) in [6, 6.07) is 20.0. The van der Waals surface area contributed by atoms with E-state index in [9.17, 15) is 9.59 Å². The van der Waals surface area contributed by atoms with Gasteiger partial charge in [0.25, 0.3) is 11.1 Å². The van der Waals surface area contributed by atoms with Gasteiger partial charge in [0, 0.05) is 12.4 Å². The third kappa shape index (κ3) is 5.83. The van der Waals surface area contributed by atoms with Gasteiger partial charge in [-0.3, -0.25) is 14.6 Å². The van der Waals surface area contributed by atoms with E-state index in [1.54, 1.807) is 42.7 Å². The Morgan fingerprint density at radius 1 is 1.00 bits per heavy atom. The number of aromatic nitrogens is 3. The van der Waals surface area contributed by atoms with Gasteiger partial charge in [-0.05, 0) is 36.8 Å². The minimum atomic E-state index is -0.294. The van der Waals surface area contributed by atoms with Crippen molar-refractivity contribution in [2.45, 2.75) is 18.2 Å². The number of nitrogens with one attached hydrogen (secondary N) is 2. The fourth-order valence-corrected chi connectivity index (χ4v) is 3.64. The smallest absolute Gasteiger partial charge is 0.277 e. The molecule has 8 nitrogen and oxygen atoms in total. The van der Waals surface area contributed by atoms with Crippen LogP contribution in [-0.2, 0) is 4.79 Å². The molecule has 4 aromatic rings. The highest BCUT2D eigenvalue weighted by Crippen LogP contribution is 2.23. The lowest BCUT2D eigenvalue weighted by atomic mass is 10.1. The van der Waals surface area contributed by atoms with Gasteiger partial charge in [-0.2, -0.15) is 0 Å². The first kappa shape index (κ1) is 22.2. The van der Waals surface area contributed by atoms with E-state index in [1.807, 2.05) is 43.3 Å². The highest BCUT2D eigenvalue weighted by molar-refractivity contribution is 7.99. The van der Waals surface area contributed by atoms with Crippen LogP contribution in [0.25, 0.3) is 11.5 Å². The van der Waals surface area contributed by atoms with E-state index in [0.717, 1.165) is 17.3 Å². The fraction of sp³-hybridized carbons (Fsp3) is 0.125. The summed E-state index contributed by atoms with van der Waals surface area (Å²) in [6.45, 7) is 1.91. The van der Waals surface area contributed by atoms with Gasteiger partial charge in [0.1, 0.15) is 0 Å². The summed E-state index contributed by atoms with van der Waals surface area (Å²) in [4.78, 5) is 29.4. The number of pyridine rings is 1. The first-order valence-electron chi connectivity index (χ1n) is 10.2. The van der Waals surface area contributed by atoms with Gasteiger partial charge in [-0.25, -0.2) is 0 Å². The number of hydrogen-bond donors (Lipinski definition) is 2. The Morgan fingerprint density at radius 2 is 1.79 bits per heavy atom. The second-order valence-electron chi connectivity index (χ2n) is 7.10. The number of amides is 2. The predicted octanol–water partition coefficient (Wildman–Crippen LogP) is 4.35. The number of nitrogens with zero attached hydrogens (tertiary/aromatic N) is 3.